The zero-order valence-corrected chi connectivity index (χ0v) is 39.8. The molecule has 6 N–H and O–H groups in total. The van der Waals surface area contributed by atoms with Crippen molar-refractivity contribution in [1.82, 2.24) is 21.3 Å². The molecule has 0 spiro atoms. The molecule has 1 aromatic carbocycles. The normalized spacial score (nSPS) is 16.6. The third kappa shape index (κ3) is 32.0. The van der Waals surface area contributed by atoms with Crippen LogP contribution >= 0.6 is 11.8 Å². The maximum Gasteiger partial charge on any atom is 0.315 e. The molecule has 0 saturated carbocycles. The van der Waals surface area contributed by atoms with Crippen LogP contribution < -0.4 is 27.0 Å². The Bertz CT molecular complexity index is 1340. The summed E-state index contributed by atoms with van der Waals surface area (Å²) in [6.07, 6.45) is 4.39. The van der Waals surface area contributed by atoms with Crippen LogP contribution in [0.1, 0.15) is 37.7 Å². The summed E-state index contributed by atoms with van der Waals surface area (Å²) in [5.74, 6) is 0.959. The van der Waals surface area contributed by atoms with Crippen LogP contribution in [0.15, 0.2) is 24.3 Å². The van der Waals surface area contributed by atoms with E-state index in [9.17, 15) is 14.4 Å². The fourth-order valence-corrected chi connectivity index (χ4v) is 7.97. The minimum Gasteiger partial charge on any atom is -0.399 e. The van der Waals surface area contributed by atoms with Gasteiger partial charge in [0.15, 0.2) is 0 Å². The van der Waals surface area contributed by atoms with Gasteiger partial charge in [0.1, 0.15) is 0 Å². The summed E-state index contributed by atoms with van der Waals surface area (Å²) in [5.41, 5.74) is 7.54. The first-order chi connectivity index (χ1) is 32.5. The second-order valence-corrected chi connectivity index (χ2v) is 16.4. The zero-order valence-electron chi connectivity index (χ0n) is 39.0. The van der Waals surface area contributed by atoms with Crippen LogP contribution in [-0.4, -0.2) is 213 Å². The molecule has 2 saturated heterocycles. The quantitative estimate of drug-likeness (QED) is 0.0352. The summed E-state index contributed by atoms with van der Waals surface area (Å²) in [6.45, 7) is 12.2. The van der Waals surface area contributed by atoms with Crippen molar-refractivity contribution in [3.63, 3.8) is 0 Å². The molecule has 0 aromatic heterocycles. The van der Waals surface area contributed by atoms with Crippen LogP contribution in [0.2, 0.25) is 0 Å². The second-order valence-electron chi connectivity index (χ2n) is 15.2. The number of nitrogen functional groups attached to an aromatic ring is 1. The number of unbranched alkanes of at least 4 members (excludes halogenated alkanes) is 1. The number of urea groups is 1. The molecule has 2 aliphatic heterocycles. The Morgan fingerprint density at radius 2 is 0.909 bits per heavy atom. The van der Waals surface area contributed by atoms with E-state index in [4.69, 9.17) is 62.6 Å². The molecule has 3 atom stereocenters. The molecule has 4 amide bonds. The number of nitrogens with two attached hydrogens (primary N) is 1. The van der Waals surface area contributed by atoms with Crippen LogP contribution in [0, 0.1) is 0 Å². The van der Waals surface area contributed by atoms with E-state index in [1.807, 2.05) is 36.0 Å². The lowest BCUT2D eigenvalue weighted by molar-refractivity contribution is -0.122. The van der Waals surface area contributed by atoms with E-state index in [1.54, 1.807) is 0 Å². The number of nitrogens with one attached hydrogen (secondary N) is 4. The standard InChI is InChI=1S/C45H79N5O15S/c46-39-7-5-38(6-8-39)9-11-47-43(52)10-13-54-15-17-56-19-21-58-23-25-60-27-29-62-31-33-64-35-36-65-34-32-63-30-28-61-26-24-59-22-20-57-18-16-55-14-12-48-42(51)4-2-1-3-41-44-40(37-66-41)49-45(53)50-44/h5-8,40-41,44H,1-4,9-37,46H2,(H,47,52)(H,48,51)(H2,49,50,53). The SMILES string of the molecule is Nc1ccc(CCNC(=O)CCOCCOCCOCCOCCOCCOCCOCCOCCOCCOCCOCCOCCNC(=O)CCCCC2SCC3NC(=O)NC32)cc1. The Morgan fingerprint density at radius 3 is 1.36 bits per heavy atom. The number of carbonyl (C=O) groups is 3. The predicted molar refractivity (Wildman–Crippen MR) is 249 cm³/mol. The van der Waals surface area contributed by atoms with E-state index < -0.39 is 0 Å². The number of rotatable bonds is 47. The smallest absolute Gasteiger partial charge is 0.315 e. The molecule has 2 aliphatic rings. The lowest BCUT2D eigenvalue weighted by atomic mass is 10.0. The van der Waals surface area contributed by atoms with Gasteiger partial charge in [-0.2, -0.15) is 11.8 Å². The highest BCUT2D eigenvalue weighted by Gasteiger charge is 2.42. The van der Waals surface area contributed by atoms with E-state index in [1.165, 1.54) is 0 Å². The average molecular weight is 962 g/mol. The lowest BCUT2D eigenvalue weighted by Gasteiger charge is -2.16. The topological polar surface area (TPSA) is 236 Å². The van der Waals surface area contributed by atoms with Gasteiger partial charge < -0.3 is 83.8 Å². The van der Waals surface area contributed by atoms with E-state index in [2.05, 4.69) is 21.3 Å². The summed E-state index contributed by atoms with van der Waals surface area (Å²) >= 11 is 1.90. The van der Waals surface area contributed by atoms with Gasteiger partial charge in [-0.05, 0) is 37.0 Å². The lowest BCUT2D eigenvalue weighted by Crippen LogP contribution is -2.36. The predicted octanol–water partition coefficient (Wildman–Crippen LogP) is 1.36. The fraction of sp³-hybridized carbons (Fsp3) is 0.800. The fourth-order valence-electron chi connectivity index (χ4n) is 6.43. The number of anilines is 1. The molecular weight excluding hydrogens is 883 g/mol. The Kier molecular flexibility index (Phi) is 35.8. The third-order valence-corrected chi connectivity index (χ3v) is 11.4. The number of benzene rings is 1. The van der Waals surface area contributed by atoms with E-state index in [0.717, 1.165) is 42.7 Å². The van der Waals surface area contributed by atoms with Gasteiger partial charge in [-0.3, -0.25) is 9.59 Å². The minimum atomic E-state index is -0.0637. The molecule has 3 unspecified atom stereocenters. The van der Waals surface area contributed by atoms with Crippen molar-refractivity contribution in [2.24, 2.45) is 0 Å². The number of fused-ring (bicyclic) bond motifs is 1. The molecule has 2 fully saturated rings. The van der Waals surface area contributed by atoms with Gasteiger partial charge in [-0.25, -0.2) is 4.79 Å². The van der Waals surface area contributed by atoms with Gasteiger partial charge in [0, 0.05) is 42.6 Å². The van der Waals surface area contributed by atoms with Crippen LogP contribution in [0.5, 0.6) is 0 Å². The molecule has 20 nitrogen and oxygen atoms in total. The van der Waals surface area contributed by atoms with Crippen LogP contribution in [-0.2, 0) is 72.9 Å². The van der Waals surface area contributed by atoms with Gasteiger partial charge in [0.25, 0.3) is 0 Å². The number of amides is 4. The molecule has 2 heterocycles. The average Bonchev–Trinajstić information content (AvgIpc) is 3.88. The minimum absolute atomic E-state index is 0.0355. The van der Waals surface area contributed by atoms with E-state index in [-0.39, 0.29) is 29.9 Å². The zero-order chi connectivity index (χ0) is 46.8. The summed E-state index contributed by atoms with van der Waals surface area (Å²) < 4.78 is 66.0. The Labute approximate surface area is 395 Å². The number of hydrogen-bond acceptors (Lipinski definition) is 17. The summed E-state index contributed by atoms with van der Waals surface area (Å²) in [4.78, 5) is 35.5. The van der Waals surface area contributed by atoms with Crippen LogP contribution in [0.25, 0.3) is 0 Å². The maximum atomic E-state index is 12.1. The van der Waals surface area contributed by atoms with Gasteiger partial charge >= 0.3 is 6.03 Å². The molecule has 3 rings (SSSR count). The number of carbonyl (C=O) groups excluding carboxylic acids is 3. The van der Waals surface area contributed by atoms with Crippen LogP contribution in [0.3, 0.4) is 0 Å². The third-order valence-electron chi connectivity index (χ3n) is 9.93. The van der Waals surface area contributed by atoms with Crippen molar-refractivity contribution < 1.29 is 71.2 Å². The van der Waals surface area contributed by atoms with Gasteiger partial charge in [0.2, 0.25) is 11.8 Å². The van der Waals surface area contributed by atoms with Crippen molar-refractivity contribution in [2.75, 3.05) is 183 Å². The first-order valence-electron chi connectivity index (χ1n) is 23.5. The van der Waals surface area contributed by atoms with Crippen molar-refractivity contribution in [3.8, 4) is 0 Å². The summed E-state index contributed by atoms with van der Waals surface area (Å²) in [5, 5.41) is 12.2. The van der Waals surface area contributed by atoms with E-state index in [0.29, 0.717) is 190 Å². The molecular formula is C45H79N5O15S. The highest BCUT2D eigenvalue weighted by molar-refractivity contribution is 8.00. The highest BCUT2D eigenvalue weighted by atomic mass is 32.2. The Hall–Kier alpha value is -2.90. The van der Waals surface area contributed by atoms with Crippen molar-refractivity contribution >= 4 is 35.3 Å². The largest absolute Gasteiger partial charge is 0.399 e. The molecule has 66 heavy (non-hydrogen) atoms. The first-order valence-corrected chi connectivity index (χ1v) is 24.6. The molecule has 1 aromatic rings. The molecule has 0 radical (unpaired) electrons. The highest BCUT2D eigenvalue weighted by Crippen LogP contribution is 2.33. The van der Waals surface area contributed by atoms with E-state index >= 15 is 0 Å². The second kappa shape index (κ2) is 41.1. The van der Waals surface area contributed by atoms with Crippen molar-refractivity contribution in [2.45, 2.75) is 55.9 Å². The van der Waals surface area contributed by atoms with Crippen molar-refractivity contribution in [1.29, 1.82) is 0 Å². The Balaban J connectivity index is 0.879. The molecule has 0 bridgehead atoms. The Morgan fingerprint density at radius 1 is 0.515 bits per heavy atom. The van der Waals surface area contributed by atoms with Gasteiger partial charge in [-0.1, -0.05) is 18.6 Å². The van der Waals surface area contributed by atoms with Crippen molar-refractivity contribution in [3.05, 3.63) is 29.8 Å². The number of hydrogen-bond donors (Lipinski definition) is 5. The monoisotopic (exact) mass is 962 g/mol. The van der Waals surface area contributed by atoms with Gasteiger partial charge in [-0.15, -0.1) is 0 Å². The molecule has 0 aliphatic carbocycles. The summed E-state index contributed by atoms with van der Waals surface area (Å²) in [7, 11) is 0. The van der Waals surface area contributed by atoms with Gasteiger partial charge in [0.05, 0.1) is 171 Å². The van der Waals surface area contributed by atoms with Crippen LogP contribution in [0.4, 0.5) is 10.5 Å². The number of thioether (sulfide) groups is 1. The first kappa shape index (κ1) is 57.4. The maximum absolute atomic E-state index is 12.1. The molecule has 21 heteroatoms. The summed E-state index contributed by atoms with van der Waals surface area (Å²) in [6, 6.07) is 8.02. The molecule has 380 valence electrons. The number of ether oxygens (including phenoxy) is 12.